The highest BCUT2D eigenvalue weighted by Gasteiger charge is 2.35. The minimum absolute atomic E-state index is 0.0258. The molecule has 4 heterocycles. The number of aryl methyl sites for hydroxylation is 1. The molecule has 4 rings (SSSR count). The van der Waals surface area contributed by atoms with Crippen LogP contribution in [0.25, 0.3) is 11.5 Å². The topological polar surface area (TPSA) is 129 Å². The number of thioether (sulfide) groups is 1. The quantitative estimate of drug-likeness (QED) is 0.563. The maximum Gasteiger partial charge on any atom is 0.233 e. The number of aromatic nitrogens is 8. The standard InChI is InChI=1S/C13H13N9O2S/c1-21-13(17-19-20-21)25-7-10(23)22-5-8(6-22)12-16-11(18-24-12)9-4-14-2-3-15-9/h2-4,8H,5-7H2,1H3. The highest BCUT2D eigenvalue weighted by Crippen LogP contribution is 2.28. The van der Waals surface area contributed by atoms with Gasteiger partial charge in [-0.25, -0.2) is 9.67 Å². The number of hydrogen-bond acceptors (Lipinski definition) is 10. The first-order valence-electron chi connectivity index (χ1n) is 7.43. The van der Waals surface area contributed by atoms with Crippen molar-refractivity contribution in [3.63, 3.8) is 0 Å². The van der Waals surface area contributed by atoms with Gasteiger partial charge in [0.15, 0.2) is 0 Å². The minimum atomic E-state index is 0.0258. The maximum absolute atomic E-state index is 12.2. The third-order valence-corrected chi connectivity index (χ3v) is 4.72. The largest absolute Gasteiger partial charge is 0.340 e. The Hall–Kier alpha value is -2.89. The van der Waals surface area contributed by atoms with E-state index in [-0.39, 0.29) is 17.6 Å². The van der Waals surface area contributed by atoms with E-state index in [9.17, 15) is 4.79 Å². The summed E-state index contributed by atoms with van der Waals surface area (Å²) in [6.45, 7) is 1.11. The Morgan fingerprint density at radius 2 is 2.28 bits per heavy atom. The molecule has 0 saturated carbocycles. The van der Waals surface area contributed by atoms with E-state index in [1.807, 2.05) is 0 Å². The van der Waals surface area contributed by atoms with E-state index in [2.05, 4.69) is 35.6 Å². The number of carbonyl (C=O) groups excluding carboxylic acids is 1. The van der Waals surface area contributed by atoms with Crippen LogP contribution in [-0.4, -0.2) is 70.0 Å². The van der Waals surface area contributed by atoms with Crippen molar-refractivity contribution in [3.05, 3.63) is 24.5 Å². The van der Waals surface area contributed by atoms with Crippen LogP contribution >= 0.6 is 11.8 Å². The summed E-state index contributed by atoms with van der Waals surface area (Å²) in [6, 6.07) is 0. The Morgan fingerprint density at radius 1 is 1.40 bits per heavy atom. The van der Waals surface area contributed by atoms with E-state index in [0.717, 1.165) is 0 Å². The van der Waals surface area contributed by atoms with Crippen molar-refractivity contribution >= 4 is 17.7 Å². The van der Waals surface area contributed by atoms with Gasteiger partial charge in [0, 0.05) is 32.5 Å². The monoisotopic (exact) mass is 359 g/mol. The first-order chi connectivity index (χ1) is 12.2. The van der Waals surface area contributed by atoms with Crippen molar-refractivity contribution in [2.75, 3.05) is 18.8 Å². The minimum Gasteiger partial charge on any atom is -0.340 e. The second-order valence-electron chi connectivity index (χ2n) is 5.42. The molecular weight excluding hydrogens is 346 g/mol. The van der Waals surface area contributed by atoms with Crippen LogP contribution < -0.4 is 0 Å². The lowest BCUT2D eigenvalue weighted by atomic mass is 10.0. The van der Waals surface area contributed by atoms with Crippen molar-refractivity contribution in [2.24, 2.45) is 7.05 Å². The molecule has 1 fully saturated rings. The van der Waals surface area contributed by atoms with Gasteiger partial charge < -0.3 is 9.42 Å². The average molecular weight is 359 g/mol. The molecule has 1 aliphatic rings. The predicted molar refractivity (Wildman–Crippen MR) is 84.2 cm³/mol. The summed E-state index contributed by atoms with van der Waals surface area (Å²) in [4.78, 5) is 26.4. The fraction of sp³-hybridized carbons (Fsp3) is 0.385. The van der Waals surface area contributed by atoms with Crippen LogP contribution in [0.15, 0.2) is 28.3 Å². The van der Waals surface area contributed by atoms with Crippen LogP contribution in [0.2, 0.25) is 0 Å². The molecule has 0 N–H and O–H groups in total. The molecule has 3 aromatic heterocycles. The molecule has 1 amide bonds. The number of amides is 1. The normalized spacial score (nSPS) is 14.5. The molecule has 11 nitrogen and oxygen atoms in total. The summed E-state index contributed by atoms with van der Waals surface area (Å²) >= 11 is 1.31. The van der Waals surface area contributed by atoms with E-state index in [1.54, 1.807) is 30.5 Å². The summed E-state index contributed by atoms with van der Waals surface area (Å²) < 4.78 is 6.81. The molecule has 3 aromatic rings. The highest BCUT2D eigenvalue weighted by molar-refractivity contribution is 7.99. The second kappa shape index (κ2) is 6.55. The molecule has 25 heavy (non-hydrogen) atoms. The zero-order valence-electron chi connectivity index (χ0n) is 13.2. The van der Waals surface area contributed by atoms with Gasteiger partial charge in [0.25, 0.3) is 0 Å². The number of rotatable bonds is 5. The van der Waals surface area contributed by atoms with Crippen molar-refractivity contribution in [3.8, 4) is 11.5 Å². The summed E-state index contributed by atoms with van der Waals surface area (Å²) in [6.07, 6.45) is 4.72. The van der Waals surface area contributed by atoms with Crippen molar-refractivity contribution < 1.29 is 9.32 Å². The number of carbonyl (C=O) groups is 1. The van der Waals surface area contributed by atoms with Gasteiger partial charge in [0.05, 0.1) is 17.9 Å². The maximum atomic E-state index is 12.2. The Morgan fingerprint density at radius 3 is 3.00 bits per heavy atom. The summed E-state index contributed by atoms with van der Waals surface area (Å²) in [5, 5.41) is 15.6. The van der Waals surface area contributed by atoms with Gasteiger partial charge in [-0.3, -0.25) is 9.78 Å². The van der Waals surface area contributed by atoms with Gasteiger partial charge in [-0.05, 0) is 10.4 Å². The molecule has 128 valence electrons. The van der Waals surface area contributed by atoms with E-state index in [0.29, 0.717) is 35.7 Å². The molecule has 0 spiro atoms. The van der Waals surface area contributed by atoms with Crippen molar-refractivity contribution in [1.82, 2.24) is 45.2 Å². The third-order valence-electron chi connectivity index (χ3n) is 3.72. The van der Waals surface area contributed by atoms with Gasteiger partial charge in [-0.15, -0.1) is 5.10 Å². The van der Waals surface area contributed by atoms with Gasteiger partial charge in [0.2, 0.25) is 22.8 Å². The first-order valence-corrected chi connectivity index (χ1v) is 8.42. The van der Waals surface area contributed by atoms with Gasteiger partial charge in [-0.1, -0.05) is 16.9 Å². The number of hydrogen-bond donors (Lipinski definition) is 0. The van der Waals surface area contributed by atoms with Crippen molar-refractivity contribution in [2.45, 2.75) is 11.1 Å². The molecule has 1 aliphatic heterocycles. The third kappa shape index (κ3) is 3.20. The fourth-order valence-corrected chi connectivity index (χ4v) is 3.07. The zero-order chi connectivity index (χ0) is 17.2. The van der Waals surface area contributed by atoms with Crippen LogP contribution in [0.3, 0.4) is 0 Å². The molecular formula is C13H13N9O2S. The van der Waals surface area contributed by atoms with Crippen LogP contribution in [0.1, 0.15) is 11.8 Å². The first kappa shape index (κ1) is 15.6. The van der Waals surface area contributed by atoms with E-state index in [4.69, 9.17) is 4.52 Å². The molecule has 0 bridgehead atoms. The molecule has 0 aliphatic carbocycles. The SMILES string of the molecule is Cn1nnnc1SCC(=O)N1CC(c2nc(-c3cnccn3)no2)C1. The lowest BCUT2D eigenvalue weighted by Crippen LogP contribution is -2.49. The van der Waals surface area contributed by atoms with E-state index in [1.165, 1.54) is 16.4 Å². The van der Waals surface area contributed by atoms with Crippen LogP contribution in [-0.2, 0) is 11.8 Å². The molecule has 0 atom stereocenters. The Bertz CT molecular complexity index is 875. The molecule has 1 saturated heterocycles. The Balaban J connectivity index is 1.31. The van der Waals surface area contributed by atoms with Crippen LogP contribution in [0.4, 0.5) is 0 Å². The molecule has 0 aromatic carbocycles. The lowest BCUT2D eigenvalue weighted by Gasteiger charge is -2.36. The average Bonchev–Trinajstić information content (AvgIpc) is 3.22. The van der Waals surface area contributed by atoms with E-state index >= 15 is 0 Å². The van der Waals surface area contributed by atoms with Crippen molar-refractivity contribution in [1.29, 1.82) is 0 Å². The van der Waals surface area contributed by atoms with Gasteiger partial charge in [0.1, 0.15) is 5.69 Å². The predicted octanol–water partition coefficient (Wildman–Crippen LogP) is -0.232. The van der Waals surface area contributed by atoms with Gasteiger partial charge >= 0.3 is 0 Å². The van der Waals surface area contributed by atoms with Crippen LogP contribution in [0, 0.1) is 0 Å². The Kier molecular flexibility index (Phi) is 4.09. The number of likely N-dealkylation sites (tertiary alicyclic amines) is 1. The van der Waals surface area contributed by atoms with E-state index < -0.39 is 0 Å². The fourth-order valence-electron chi connectivity index (χ4n) is 2.32. The Labute approximate surface area is 145 Å². The number of tetrazole rings is 1. The molecule has 0 radical (unpaired) electrons. The lowest BCUT2D eigenvalue weighted by molar-refractivity contribution is -0.133. The zero-order valence-corrected chi connectivity index (χ0v) is 14.0. The molecule has 0 unspecified atom stereocenters. The van der Waals surface area contributed by atoms with Gasteiger partial charge in [-0.2, -0.15) is 4.98 Å². The van der Waals surface area contributed by atoms with Crippen LogP contribution in [0.5, 0.6) is 0 Å². The molecule has 12 heteroatoms. The smallest absolute Gasteiger partial charge is 0.233 e. The highest BCUT2D eigenvalue weighted by atomic mass is 32.2. The second-order valence-corrected chi connectivity index (χ2v) is 6.36. The summed E-state index contributed by atoms with van der Waals surface area (Å²) in [5.74, 6) is 1.27. The summed E-state index contributed by atoms with van der Waals surface area (Å²) in [7, 11) is 1.73. The number of nitrogens with zero attached hydrogens (tertiary/aromatic N) is 9. The summed E-state index contributed by atoms with van der Waals surface area (Å²) in [5.41, 5.74) is 0.554.